The standard InChI is InChI=1S/C54H33N3/c1-2-13-48-45(10-1)50-33-43(23-25-49(50)54-53(48)55-26-27-56-54)35-9-7-8-34(28-35)36-16-17-38-30-39(19-18-37(38)29-36)40-20-21-42-32-44(24-22-41(42)31-40)57-51-14-5-3-11-46(51)47-12-4-6-15-52(47)57/h1-33H. The molecule has 0 aliphatic carbocycles. The average Bonchev–Trinajstić information content (AvgIpc) is 3.63. The van der Waals surface area contributed by atoms with Crippen LogP contribution in [-0.2, 0) is 0 Å². The summed E-state index contributed by atoms with van der Waals surface area (Å²) in [4.78, 5) is 9.44. The lowest BCUT2D eigenvalue weighted by atomic mass is 9.93. The van der Waals surface area contributed by atoms with Crippen molar-refractivity contribution >= 4 is 75.9 Å². The number of hydrogen-bond acceptors (Lipinski definition) is 2. The number of para-hydroxylation sites is 2. The molecule has 0 saturated heterocycles. The van der Waals surface area contributed by atoms with Crippen LogP contribution in [0.4, 0.5) is 0 Å². The molecule has 2 heterocycles. The van der Waals surface area contributed by atoms with Gasteiger partial charge in [-0.2, -0.15) is 0 Å². The molecule has 0 spiro atoms. The van der Waals surface area contributed by atoms with Gasteiger partial charge < -0.3 is 4.57 Å². The van der Waals surface area contributed by atoms with Crippen molar-refractivity contribution in [3.8, 4) is 39.1 Å². The minimum Gasteiger partial charge on any atom is -0.309 e. The molecule has 12 aromatic rings. The average molecular weight is 724 g/mol. The van der Waals surface area contributed by atoms with Gasteiger partial charge >= 0.3 is 0 Å². The predicted octanol–water partition coefficient (Wildman–Crippen LogP) is 14.3. The molecule has 0 fully saturated rings. The molecule has 10 aromatic carbocycles. The predicted molar refractivity (Wildman–Crippen MR) is 240 cm³/mol. The minimum atomic E-state index is 0.941. The zero-order chi connectivity index (χ0) is 37.5. The second-order valence-corrected chi connectivity index (χ2v) is 15.0. The van der Waals surface area contributed by atoms with E-state index in [1.165, 1.54) is 93.2 Å². The monoisotopic (exact) mass is 723 g/mol. The van der Waals surface area contributed by atoms with E-state index in [9.17, 15) is 0 Å². The Labute approximate surface area is 328 Å². The van der Waals surface area contributed by atoms with E-state index in [4.69, 9.17) is 9.97 Å². The number of benzene rings is 10. The summed E-state index contributed by atoms with van der Waals surface area (Å²) in [6.45, 7) is 0. The summed E-state index contributed by atoms with van der Waals surface area (Å²) in [5, 5.41) is 12.1. The van der Waals surface area contributed by atoms with Crippen LogP contribution in [0.1, 0.15) is 0 Å². The van der Waals surface area contributed by atoms with Crippen LogP contribution in [0.25, 0.3) is 115 Å². The summed E-state index contributed by atoms with van der Waals surface area (Å²) < 4.78 is 2.38. The molecule has 57 heavy (non-hydrogen) atoms. The first-order valence-corrected chi connectivity index (χ1v) is 19.5. The Hall–Kier alpha value is -7.62. The van der Waals surface area contributed by atoms with E-state index >= 15 is 0 Å². The quantitative estimate of drug-likeness (QED) is 0.169. The van der Waals surface area contributed by atoms with Crippen molar-refractivity contribution in [1.29, 1.82) is 0 Å². The van der Waals surface area contributed by atoms with E-state index in [0.717, 1.165) is 21.8 Å². The Bertz CT molecular complexity index is 3510. The molecule has 0 amide bonds. The fourth-order valence-corrected chi connectivity index (χ4v) is 9.05. The van der Waals surface area contributed by atoms with Gasteiger partial charge in [0.05, 0.1) is 22.1 Å². The number of nitrogens with zero attached hydrogens (tertiary/aromatic N) is 3. The number of fused-ring (bicyclic) bond motifs is 11. The van der Waals surface area contributed by atoms with Gasteiger partial charge in [0.1, 0.15) is 0 Å². The Morgan fingerprint density at radius 2 is 0.719 bits per heavy atom. The lowest BCUT2D eigenvalue weighted by Gasteiger charge is -2.12. The van der Waals surface area contributed by atoms with Crippen LogP contribution in [0.5, 0.6) is 0 Å². The van der Waals surface area contributed by atoms with Crippen LogP contribution in [0, 0.1) is 0 Å². The maximum Gasteiger partial charge on any atom is 0.0971 e. The van der Waals surface area contributed by atoms with Crippen molar-refractivity contribution in [3.05, 3.63) is 200 Å². The maximum absolute atomic E-state index is 4.74. The van der Waals surface area contributed by atoms with Gasteiger partial charge in [0.2, 0.25) is 0 Å². The van der Waals surface area contributed by atoms with Crippen molar-refractivity contribution in [2.75, 3.05) is 0 Å². The van der Waals surface area contributed by atoms with Crippen molar-refractivity contribution in [2.45, 2.75) is 0 Å². The van der Waals surface area contributed by atoms with Gasteiger partial charge in [-0.05, 0) is 120 Å². The molecule has 0 aliphatic heterocycles. The highest BCUT2D eigenvalue weighted by atomic mass is 15.0. The molecule has 12 rings (SSSR count). The summed E-state index contributed by atoms with van der Waals surface area (Å²) in [6, 6.07) is 68.8. The Kier molecular flexibility index (Phi) is 6.93. The molecule has 3 nitrogen and oxygen atoms in total. The minimum absolute atomic E-state index is 0.941. The molecular weight excluding hydrogens is 691 g/mol. The van der Waals surface area contributed by atoms with Crippen LogP contribution in [0.2, 0.25) is 0 Å². The highest BCUT2D eigenvalue weighted by Crippen LogP contribution is 2.38. The van der Waals surface area contributed by atoms with E-state index in [2.05, 4.69) is 193 Å². The Morgan fingerprint density at radius 1 is 0.281 bits per heavy atom. The van der Waals surface area contributed by atoms with E-state index < -0.39 is 0 Å². The van der Waals surface area contributed by atoms with Crippen LogP contribution < -0.4 is 0 Å². The zero-order valence-corrected chi connectivity index (χ0v) is 30.9. The van der Waals surface area contributed by atoms with Crippen LogP contribution in [0.3, 0.4) is 0 Å². The van der Waals surface area contributed by atoms with Crippen LogP contribution >= 0.6 is 0 Å². The molecule has 0 unspecified atom stereocenters. The van der Waals surface area contributed by atoms with E-state index in [1.807, 2.05) is 0 Å². The molecule has 2 aromatic heterocycles. The molecule has 3 heteroatoms. The smallest absolute Gasteiger partial charge is 0.0971 e. The highest BCUT2D eigenvalue weighted by molar-refractivity contribution is 6.23. The Morgan fingerprint density at radius 3 is 1.32 bits per heavy atom. The first kappa shape index (κ1) is 31.7. The zero-order valence-electron chi connectivity index (χ0n) is 30.9. The molecule has 0 N–H and O–H groups in total. The second-order valence-electron chi connectivity index (χ2n) is 15.0. The van der Waals surface area contributed by atoms with Gasteiger partial charge in [-0.25, -0.2) is 0 Å². The topological polar surface area (TPSA) is 30.7 Å². The van der Waals surface area contributed by atoms with E-state index in [1.54, 1.807) is 12.4 Å². The summed E-state index contributed by atoms with van der Waals surface area (Å²) in [7, 11) is 0. The molecule has 0 aliphatic rings. The number of rotatable bonds is 4. The molecule has 0 atom stereocenters. The third-order valence-electron chi connectivity index (χ3n) is 11.8. The van der Waals surface area contributed by atoms with Crippen LogP contribution in [-0.4, -0.2) is 14.5 Å². The highest BCUT2D eigenvalue weighted by Gasteiger charge is 2.14. The Balaban J connectivity index is 0.868. The third-order valence-corrected chi connectivity index (χ3v) is 11.8. The van der Waals surface area contributed by atoms with Crippen molar-refractivity contribution in [3.63, 3.8) is 0 Å². The third kappa shape index (κ3) is 5.06. The number of hydrogen-bond donors (Lipinski definition) is 0. The fraction of sp³-hybridized carbons (Fsp3) is 0. The lowest BCUT2D eigenvalue weighted by Crippen LogP contribution is -1.93. The molecular formula is C54H33N3. The molecule has 0 saturated carbocycles. The molecule has 0 bridgehead atoms. The van der Waals surface area contributed by atoms with Crippen molar-refractivity contribution in [2.24, 2.45) is 0 Å². The van der Waals surface area contributed by atoms with E-state index in [-0.39, 0.29) is 0 Å². The lowest BCUT2D eigenvalue weighted by molar-refractivity contribution is 1.19. The van der Waals surface area contributed by atoms with Gasteiger partial charge in [0.15, 0.2) is 0 Å². The largest absolute Gasteiger partial charge is 0.309 e. The summed E-state index contributed by atoms with van der Waals surface area (Å²) in [5.74, 6) is 0. The van der Waals surface area contributed by atoms with Gasteiger partial charge in [-0.3, -0.25) is 9.97 Å². The number of aromatic nitrogens is 3. The van der Waals surface area contributed by atoms with E-state index in [0.29, 0.717) is 0 Å². The fourth-order valence-electron chi connectivity index (χ4n) is 9.05. The van der Waals surface area contributed by atoms with Gasteiger partial charge in [0.25, 0.3) is 0 Å². The van der Waals surface area contributed by atoms with Gasteiger partial charge in [-0.1, -0.05) is 133 Å². The van der Waals surface area contributed by atoms with Crippen molar-refractivity contribution < 1.29 is 0 Å². The van der Waals surface area contributed by atoms with Gasteiger partial charge in [0, 0.05) is 39.6 Å². The van der Waals surface area contributed by atoms with Crippen molar-refractivity contribution in [1.82, 2.24) is 14.5 Å². The summed E-state index contributed by atoms with van der Waals surface area (Å²) >= 11 is 0. The second kappa shape index (κ2) is 12.5. The first-order valence-electron chi connectivity index (χ1n) is 19.5. The summed E-state index contributed by atoms with van der Waals surface area (Å²) in [6.07, 6.45) is 3.56. The molecule has 0 radical (unpaired) electrons. The van der Waals surface area contributed by atoms with Gasteiger partial charge in [-0.15, -0.1) is 0 Å². The molecule has 264 valence electrons. The SMILES string of the molecule is c1cc(-c2ccc3cc(-c4ccc5cc(-n6c7ccccc7c7ccccc76)ccc5c4)ccc3c2)cc(-c2ccc3c(c2)c2ccccc2c2nccnc32)c1. The maximum atomic E-state index is 4.74. The van der Waals surface area contributed by atoms with Crippen LogP contribution in [0.15, 0.2) is 200 Å². The first-order chi connectivity index (χ1) is 28.2. The normalized spacial score (nSPS) is 11.9. The summed E-state index contributed by atoms with van der Waals surface area (Å²) in [5.41, 5.74) is 12.7.